The fourth-order valence-electron chi connectivity index (χ4n) is 4.81. The van der Waals surface area contributed by atoms with Crippen molar-refractivity contribution in [1.29, 1.82) is 0 Å². The molecule has 1 N–H and O–H groups in total. The van der Waals surface area contributed by atoms with Gasteiger partial charge < -0.3 is 9.88 Å². The number of carbonyl (C=O) groups excluding carboxylic acids is 1. The second kappa shape index (κ2) is 6.45. The van der Waals surface area contributed by atoms with Crippen molar-refractivity contribution in [2.24, 2.45) is 0 Å². The minimum atomic E-state index is -0.332. The molecule has 0 unspecified atom stereocenters. The van der Waals surface area contributed by atoms with Gasteiger partial charge in [0.15, 0.2) is 0 Å². The molecule has 2 aliphatic heterocycles. The Morgan fingerprint density at radius 3 is 2.74 bits per heavy atom. The summed E-state index contributed by atoms with van der Waals surface area (Å²) in [5.41, 5.74) is 3.88. The topological polar surface area (TPSA) is 36.1 Å². The highest BCUT2D eigenvalue weighted by Crippen LogP contribution is 2.49. The second-order valence-corrected chi connectivity index (χ2v) is 9.09. The molecule has 27 heavy (non-hydrogen) atoms. The predicted octanol–water partition coefficient (Wildman–Crippen LogP) is 5.33. The van der Waals surface area contributed by atoms with E-state index in [4.69, 9.17) is 0 Å². The van der Waals surface area contributed by atoms with E-state index in [1.54, 1.807) is 11.8 Å². The second-order valence-electron chi connectivity index (χ2n) is 7.63. The van der Waals surface area contributed by atoms with Crippen LogP contribution in [0.2, 0.25) is 0 Å². The van der Waals surface area contributed by atoms with Crippen LogP contribution in [0.5, 0.6) is 0 Å². The van der Waals surface area contributed by atoms with E-state index in [9.17, 15) is 4.79 Å². The van der Waals surface area contributed by atoms with Crippen LogP contribution in [0.15, 0.2) is 59.5 Å². The minimum Gasteiger partial charge on any atom is -0.356 e. The number of hydrogen-bond donors (Lipinski definition) is 1. The van der Waals surface area contributed by atoms with Gasteiger partial charge in [-0.25, -0.2) is 0 Å². The number of rotatable bonds is 3. The lowest BCUT2D eigenvalue weighted by Gasteiger charge is -2.47. The molecule has 0 radical (unpaired) electrons. The van der Waals surface area contributed by atoms with Crippen LogP contribution in [0.3, 0.4) is 0 Å². The Morgan fingerprint density at radius 2 is 1.93 bits per heavy atom. The largest absolute Gasteiger partial charge is 0.356 e. The van der Waals surface area contributed by atoms with Crippen molar-refractivity contribution in [3.63, 3.8) is 0 Å². The summed E-state index contributed by atoms with van der Waals surface area (Å²) in [5.74, 6) is 0.319. The van der Waals surface area contributed by atoms with E-state index >= 15 is 0 Å². The van der Waals surface area contributed by atoms with E-state index in [-0.39, 0.29) is 10.8 Å². The van der Waals surface area contributed by atoms with Gasteiger partial charge in [0.2, 0.25) is 5.91 Å². The van der Waals surface area contributed by atoms with Gasteiger partial charge >= 0.3 is 0 Å². The molecule has 2 aliphatic rings. The molecule has 0 saturated carbocycles. The van der Waals surface area contributed by atoms with Crippen LogP contribution in [0.1, 0.15) is 43.5 Å². The van der Waals surface area contributed by atoms with Crippen molar-refractivity contribution < 1.29 is 4.79 Å². The summed E-state index contributed by atoms with van der Waals surface area (Å²) < 4.78 is -0.332. The number of carbonyl (C=O) groups is 1. The number of benzene rings is 2. The van der Waals surface area contributed by atoms with Gasteiger partial charge in [0.25, 0.3) is 0 Å². The van der Waals surface area contributed by atoms with Gasteiger partial charge in [-0.3, -0.25) is 4.79 Å². The lowest BCUT2D eigenvalue weighted by molar-refractivity contribution is -0.140. The number of aromatic amines is 1. The smallest absolute Gasteiger partial charge is 0.239 e. The first-order valence-corrected chi connectivity index (χ1v) is 10.7. The summed E-state index contributed by atoms with van der Waals surface area (Å²) >= 11 is 1.76. The van der Waals surface area contributed by atoms with Crippen LogP contribution >= 0.6 is 11.8 Å². The molecule has 2 atom stereocenters. The van der Waals surface area contributed by atoms with Gasteiger partial charge in [-0.05, 0) is 49.4 Å². The Labute approximate surface area is 164 Å². The number of nitrogens with one attached hydrogen (secondary N) is 1. The fourth-order valence-corrected chi connectivity index (χ4v) is 6.12. The summed E-state index contributed by atoms with van der Waals surface area (Å²) in [6.07, 6.45) is 3.77. The number of amides is 1. The summed E-state index contributed by atoms with van der Waals surface area (Å²) in [6.45, 7) is 2.99. The van der Waals surface area contributed by atoms with Crippen LogP contribution < -0.4 is 0 Å². The average molecular weight is 377 g/mol. The first kappa shape index (κ1) is 16.9. The van der Waals surface area contributed by atoms with Gasteiger partial charge in [-0.1, -0.05) is 43.3 Å². The molecule has 1 saturated heterocycles. The zero-order valence-corrected chi connectivity index (χ0v) is 16.4. The molecule has 4 heteroatoms. The van der Waals surface area contributed by atoms with Gasteiger partial charge in [-0.15, -0.1) is 11.8 Å². The molecule has 5 rings (SSSR count). The number of nitrogens with zero attached hydrogens (tertiary/aromatic N) is 1. The maximum absolute atomic E-state index is 13.6. The molecule has 1 amide bonds. The molecule has 3 heterocycles. The third-order valence-electron chi connectivity index (χ3n) is 6.26. The van der Waals surface area contributed by atoms with Gasteiger partial charge in [0, 0.05) is 28.0 Å². The van der Waals surface area contributed by atoms with Gasteiger partial charge in [-0.2, -0.15) is 0 Å². The van der Waals surface area contributed by atoms with E-state index in [2.05, 4.69) is 65.3 Å². The molecule has 0 spiro atoms. The minimum absolute atomic E-state index is 0.199. The third-order valence-corrected chi connectivity index (χ3v) is 7.82. The molecule has 0 aliphatic carbocycles. The number of thioether (sulfide) groups is 1. The van der Waals surface area contributed by atoms with E-state index < -0.39 is 0 Å². The molecule has 3 aromatic rings. The van der Waals surface area contributed by atoms with Crippen LogP contribution in [0.4, 0.5) is 0 Å². The van der Waals surface area contributed by atoms with E-state index in [0.717, 1.165) is 32.2 Å². The van der Waals surface area contributed by atoms with Crippen molar-refractivity contribution in [2.75, 3.05) is 6.54 Å². The highest BCUT2D eigenvalue weighted by Gasteiger charge is 2.49. The van der Waals surface area contributed by atoms with Crippen LogP contribution in [-0.4, -0.2) is 27.1 Å². The van der Waals surface area contributed by atoms with E-state index in [1.165, 1.54) is 27.1 Å². The zero-order valence-electron chi connectivity index (χ0n) is 15.6. The maximum Gasteiger partial charge on any atom is 0.239 e. The summed E-state index contributed by atoms with van der Waals surface area (Å²) in [6, 6.07) is 19.1. The maximum atomic E-state index is 13.6. The fraction of sp³-hybridized carbons (Fsp3) is 0.348. The summed E-state index contributed by atoms with van der Waals surface area (Å²) in [7, 11) is 0. The van der Waals surface area contributed by atoms with Crippen molar-refractivity contribution in [3.05, 3.63) is 65.9 Å². The lowest BCUT2D eigenvalue weighted by atomic mass is 9.84. The number of piperidine rings is 1. The number of fused-ring (bicyclic) bond motifs is 5. The Balaban J connectivity index is 1.49. The molecular formula is C23H24N2OS. The lowest BCUT2D eigenvalue weighted by Crippen LogP contribution is -2.54. The predicted molar refractivity (Wildman–Crippen MR) is 111 cm³/mol. The molecule has 138 valence electrons. The summed E-state index contributed by atoms with van der Waals surface area (Å²) in [5, 5.41) is 1.32. The highest BCUT2D eigenvalue weighted by atomic mass is 32.2. The van der Waals surface area contributed by atoms with Crippen molar-refractivity contribution >= 4 is 28.6 Å². The first-order valence-electron chi connectivity index (χ1n) is 9.86. The quantitative estimate of drug-likeness (QED) is 0.671. The number of aromatic nitrogens is 1. The molecule has 0 bridgehead atoms. The van der Waals surface area contributed by atoms with Gasteiger partial charge in [0.05, 0.1) is 10.8 Å². The normalized spacial score (nSPS) is 24.7. The highest BCUT2D eigenvalue weighted by molar-refractivity contribution is 8.01. The average Bonchev–Trinajstić information content (AvgIpc) is 3.10. The van der Waals surface area contributed by atoms with E-state index in [1.807, 2.05) is 6.07 Å². The van der Waals surface area contributed by atoms with Gasteiger partial charge in [0.1, 0.15) is 0 Å². The Kier molecular flexibility index (Phi) is 4.05. The monoisotopic (exact) mass is 376 g/mol. The standard InChI is InChI=1S/C23H24N2OS/c1-2-23(27-16-8-4-3-5-9-16)14-12-20-21-18(13-15-25(20)22(23)26)17-10-6-7-11-19(17)24-21/h3-11,20,24H,2,12-15H2,1H3/t20-,23-/m0/s1. The SMILES string of the molecule is CC[C@]1(Sc2ccccc2)CC[C@H]2c3[nH]c4ccccc4c3CCN2C1=O. The molecular weight excluding hydrogens is 352 g/mol. The molecule has 1 aromatic heterocycles. The van der Waals surface area contributed by atoms with Crippen LogP contribution in [-0.2, 0) is 11.2 Å². The molecule has 1 fully saturated rings. The van der Waals surface area contributed by atoms with Crippen molar-refractivity contribution in [3.8, 4) is 0 Å². The van der Waals surface area contributed by atoms with Crippen LogP contribution in [0.25, 0.3) is 10.9 Å². The third kappa shape index (κ3) is 2.61. The van der Waals surface area contributed by atoms with E-state index in [0.29, 0.717) is 5.91 Å². The Bertz CT molecular complexity index is 996. The van der Waals surface area contributed by atoms with Crippen molar-refractivity contribution in [2.45, 2.75) is 48.3 Å². The number of hydrogen-bond acceptors (Lipinski definition) is 2. The van der Waals surface area contributed by atoms with Crippen LogP contribution in [0, 0.1) is 0 Å². The van der Waals surface area contributed by atoms with Crippen molar-refractivity contribution in [1.82, 2.24) is 9.88 Å². The Morgan fingerprint density at radius 1 is 1.15 bits per heavy atom. The number of para-hydroxylation sites is 1. The number of H-pyrrole nitrogens is 1. The summed E-state index contributed by atoms with van der Waals surface area (Å²) in [4.78, 5) is 20.6. The Hall–Kier alpha value is -2.20. The zero-order chi connectivity index (χ0) is 18.4. The first-order chi connectivity index (χ1) is 13.2. The molecule has 2 aromatic carbocycles. The molecule has 3 nitrogen and oxygen atoms in total.